The molecule has 34 heavy (non-hydrogen) atoms. The van der Waals surface area contributed by atoms with E-state index in [4.69, 9.17) is 26.4 Å². The van der Waals surface area contributed by atoms with Crippen LogP contribution in [0.15, 0.2) is 42.7 Å². The van der Waals surface area contributed by atoms with Gasteiger partial charge in [-0.1, -0.05) is 23.8 Å². The van der Waals surface area contributed by atoms with Crippen LogP contribution < -0.4 is 15.3 Å². The summed E-state index contributed by atoms with van der Waals surface area (Å²) in [6.07, 6.45) is 5.94. The van der Waals surface area contributed by atoms with Crippen LogP contribution in [-0.2, 0) is 13.9 Å². The average Bonchev–Trinajstić information content (AvgIpc) is 3.41. The van der Waals surface area contributed by atoms with Crippen LogP contribution in [0.25, 0.3) is 11.2 Å². The van der Waals surface area contributed by atoms with E-state index in [1.807, 2.05) is 12.2 Å². The largest absolute Gasteiger partial charge is 0.480 e. The van der Waals surface area contributed by atoms with E-state index < -0.39 is 25.6 Å². The molecule has 2 aromatic heterocycles. The molecule has 0 amide bonds. The van der Waals surface area contributed by atoms with Crippen LogP contribution in [0.5, 0.6) is 5.75 Å². The van der Waals surface area contributed by atoms with Gasteiger partial charge in [-0.05, 0) is 37.6 Å². The van der Waals surface area contributed by atoms with Crippen molar-refractivity contribution in [2.75, 3.05) is 12.3 Å². The van der Waals surface area contributed by atoms with Crippen molar-refractivity contribution in [3.05, 3.63) is 53.7 Å². The monoisotopic (exact) mass is 510 g/mol. The molecule has 3 aromatic rings. The third kappa shape index (κ3) is 5.36. The molecule has 4 atom stereocenters. The molecule has 0 bridgehead atoms. The molecule has 4 N–H and O–H groups in total. The number of allylic oxidation sites excluding steroid dienone is 1. The van der Waals surface area contributed by atoms with Gasteiger partial charge >= 0.3 is 13.7 Å². The number of fused-ring (bicyclic) bond motifs is 1. The SMILES string of the molecule is CC(NP(=O)(OC[C@@H]1C=C[C@H](n2cnc3c(Cl)nc(N)nc32)C1)Oc1ccc(F)cc1)C(=O)O. The van der Waals surface area contributed by atoms with Crippen LogP contribution in [0.1, 0.15) is 19.4 Å². The van der Waals surface area contributed by atoms with E-state index in [0.29, 0.717) is 17.6 Å². The van der Waals surface area contributed by atoms with Crippen molar-refractivity contribution < 1.29 is 27.9 Å². The number of carboxylic acids is 1. The molecule has 2 unspecified atom stereocenters. The minimum Gasteiger partial charge on any atom is -0.480 e. The van der Waals surface area contributed by atoms with Gasteiger partial charge in [0, 0.05) is 5.92 Å². The molecule has 11 nitrogen and oxygen atoms in total. The number of nitrogens with one attached hydrogen (secondary N) is 1. The predicted octanol–water partition coefficient (Wildman–Crippen LogP) is 3.58. The molecule has 180 valence electrons. The molecule has 1 aliphatic rings. The van der Waals surface area contributed by atoms with Gasteiger partial charge in [0.2, 0.25) is 5.95 Å². The first kappa shape index (κ1) is 24.1. The highest BCUT2D eigenvalue weighted by Gasteiger charge is 2.33. The third-order valence-corrected chi connectivity index (χ3v) is 7.03. The van der Waals surface area contributed by atoms with Crippen molar-refractivity contribution in [3.8, 4) is 5.75 Å². The second-order valence-electron chi connectivity index (χ2n) is 7.67. The number of nitrogens with zero attached hydrogens (tertiary/aromatic N) is 4. The number of nitrogens with two attached hydrogens (primary N) is 1. The Labute approximate surface area is 198 Å². The first-order chi connectivity index (χ1) is 16.1. The first-order valence-corrected chi connectivity index (χ1v) is 12.1. The highest BCUT2D eigenvalue weighted by Crippen LogP contribution is 2.46. The molecule has 1 aliphatic carbocycles. The number of imidazole rings is 1. The maximum Gasteiger partial charge on any atom is 0.459 e. The van der Waals surface area contributed by atoms with Gasteiger partial charge in [-0.3, -0.25) is 9.32 Å². The van der Waals surface area contributed by atoms with E-state index in [1.54, 1.807) is 10.9 Å². The molecule has 14 heteroatoms. The van der Waals surface area contributed by atoms with Gasteiger partial charge in [-0.2, -0.15) is 15.1 Å². The Bertz CT molecular complexity index is 1290. The lowest BCUT2D eigenvalue weighted by Gasteiger charge is -2.23. The standard InChI is InChI=1S/C20H21ClFN6O5P/c1-11(19(29)30)27-34(31,33-15-6-3-13(22)4-7-15)32-9-12-2-5-14(8-12)28-10-24-16-17(21)25-20(23)26-18(16)28/h2-7,10-12,14H,8-9H2,1H3,(H,27,31)(H,29,30)(H2,23,25,26)/t11?,12-,14+,34?/m1/s1. The van der Waals surface area contributed by atoms with Crippen molar-refractivity contribution in [2.24, 2.45) is 5.92 Å². The Morgan fingerprint density at radius 2 is 2.12 bits per heavy atom. The van der Waals surface area contributed by atoms with Gasteiger partial charge in [0.05, 0.1) is 19.0 Å². The maximum absolute atomic E-state index is 13.3. The fraction of sp³-hybridized carbons (Fsp3) is 0.300. The van der Waals surface area contributed by atoms with Crippen LogP contribution >= 0.6 is 19.3 Å². The molecule has 0 saturated heterocycles. The highest BCUT2D eigenvalue weighted by molar-refractivity contribution is 7.52. The van der Waals surface area contributed by atoms with Crippen LogP contribution in [0, 0.1) is 11.7 Å². The van der Waals surface area contributed by atoms with Crippen molar-refractivity contribution in [2.45, 2.75) is 25.4 Å². The summed E-state index contributed by atoms with van der Waals surface area (Å²) in [5, 5.41) is 11.7. The number of anilines is 1. The first-order valence-electron chi connectivity index (χ1n) is 10.2. The number of hydrogen-bond acceptors (Lipinski definition) is 8. The summed E-state index contributed by atoms with van der Waals surface area (Å²) in [5.41, 5.74) is 6.61. The summed E-state index contributed by atoms with van der Waals surface area (Å²) in [5.74, 6) is -1.83. The lowest BCUT2D eigenvalue weighted by Crippen LogP contribution is -2.33. The van der Waals surface area contributed by atoms with E-state index in [0.717, 1.165) is 12.1 Å². The number of aromatic nitrogens is 4. The topological polar surface area (TPSA) is 154 Å². The molecule has 1 aromatic carbocycles. The van der Waals surface area contributed by atoms with Crippen LogP contribution in [0.4, 0.5) is 10.3 Å². The summed E-state index contributed by atoms with van der Waals surface area (Å²) in [6, 6.07) is 3.43. The van der Waals surface area contributed by atoms with Crippen molar-refractivity contribution in [1.82, 2.24) is 24.6 Å². The molecule has 0 spiro atoms. The van der Waals surface area contributed by atoms with E-state index in [2.05, 4.69) is 20.0 Å². The van der Waals surface area contributed by atoms with Crippen molar-refractivity contribution in [3.63, 3.8) is 0 Å². The Hall–Kier alpha value is -3.05. The van der Waals surface area contributed by atoms with Crippen LogP contribution in [0.2, 0.25) is 5.15 Å². The number of aliphatic carboxylic acids is 1. The number of carbonyl (C=O) groups is 1. The van der Waals surface area contributed by atoms with Crippen LogP contribution in [0.3, 0.4) is 0 Å². The Balaban J connectivity index is 1.46. The van der Waals surface area contributed by atoms with E-state index in [9.17, 15) is 18.9 Å². The Morgan fingerprint density at radius 3 is 2.82 bits per heavy atom. The van der Waals surface area contributed by atoms with Gasteiger partial charge < -0.3 is 19.9 Å². The third-order valence-electron chi connectivity index (χ3n) is 5.12. The number of rotatable bonds is 9. The second kappa shape index (κ2) is 9.67. The molecular weight excluding hydrogens is 490 g/mol. The number of carboxylic acid groups (broad SMARTS) is 1. The highest BCUT2D eigenvalue weighted by atomic mass is 35.5. The lowest BCUT2D eigenvalue weighted by molar-refractivity contribution is -0.138. The van der Waals surface area contributed by atoms with E-state index >= 15 is 0 Å². The lowest BCUT2D eigenvalue weighted by atomic mass is 10.1. The molecule has 2 heterocycles. The Morgan fingerprint density at radius 1 is 1.38 bits per heavy atom. The van der Waals surface area contributed by atoms with Crippen LogP contribution in [-0.4, -0.2) is 43.2 Å². The second-order valence-corrected chi connectivity index (χ2v) is 9.72. The molecular formula is C20H21ClFN6O5P. The molecule has 4 rings (SSSR count). The zero-order valence-corrected chi connectivity index (χ0v) is 19.5. The fourth-order valence-corrected chi connectivity index (χ4v) is 5.21. The number of nitrogen functional groups attached to an aromatic ring is 1. The molecule has 0 fully saturated rings. The fourth-order valence-electron chi connectivity index (χ4n) is 3.43. The van der Waals surface area contributed by atoms with Crippen molar-refractivity contribution in [1.29, 1.82) is 0 Å². The summed E-state index contributed by atoms with van der Waals surface area (Å²) < 4.78 is 39.3. The van der Waals surface area contributed by atoms with Gasteiger partial charge in [0.1, 0.15) is 23.1 Å². The van der Waals surface area contributed by atoms with E-state index in [1.165, 1.54) is 19.1 Å². The normalized spacial score (nSPS) is 20.3. The smallest absolute Gasteiger partial charge is 0.459 e. The van der Waals surface area contributed by atoms with Crippen molar-refractivity contribution >= 4 is 42.4 Å². The van der Waals surface area contributed by atoms with Gasteiger partial charge in [-0.15, -0.1) is 0 Å². The predicted molar refractivity (Wildman–Crippen MR) is 122 cm³/mol. The van der Waals surface area contributed by atoms with Gasteiger partial charge in [0.15, 0.2) is 10.8 Å². The van der Waals surface area contributed by atoms with Gasteiger partial charge in [-0.25, -0.2) is 13.9 Å². The number of halogens is 2. The van der Waals surface area contributed by atoms with E-state index in [-0.39, 0.29) is 35.4 Å². The maximum atomic E-state index is 13.3. The summed E-state index contributed by atoms with van der Waals surface area (Å²) >= 11 is 6.09. The molecule has 0 saturated carbocycles. The molecule has 0 aliphatic heterocycles. The average molecular weight is 511 g/mol. The summed E-state index contributed by atoms with van der Waals surface area (Å²) in [4.78, 5) is 23.6. The number of benzene rings is 1. The Kier molecular flexibility index (Phi) is 6.85. The zero-order chi connectivity index (χ0) is 24.5. The minimum atomic E-state index is -4.11. The minimum absolute atomic E-state index is 0.0265. The summed E-state index contributed by atoms with van der Waals surface area (Å²) in [7, 11) is -4.11. The zero-order valence-electron chi connectivity index (χ0n) is 17.8. The quantitative estimate of drug-likeness (QED) is 0.221. The molecule has 0 radical (unpaired) electrons. The summed E-state index contributed by atoms with van der Waals surface area (Å²) in [6.45, 7) is 1.27. The van der Waals surface area contributed by atoms with Gasteiger partial charge in [0.25, 0.3) is 0 Å². The number of hydrogen-bond donors (Lipinski definition) is 3.